The standard InChI is InChI=1S/C17H21N3O2/c1-2-20-15(8-10-19-20)17(21)18-12-14-9-11-22-16(14)13-6-4-3-5-7-13/h3-8,10,14,16H,2,9,11-12H2,1H3,(H,18,21)/t14-,16-/m1/s1. The van der Waals surface area contributed by atoms with Crippen molar-refractivity contribution in [3.63, 3.8) is 0 Å². The van der Waals surface area contributed by atoms with Gasteiger partial charge in [0.05, 0.1) is 6.10 Å². The van der Waals surface area contributed by atoms with Gasteiger partial charge in [-0.2, -0.15) is 5.10 Å². The summed E-state index contributed by atoms with van der Waals surface area (Å²) in [5.41, 5.74) is 1.79. The molecule has 1 N–H and O–H groups in total. The number of ether oxygens (including phenoxy) is 1. The number of aryl methyl sites for hydroxylation is 1. The Morgan fingerprint density at radius 1 is 1.36 bits per heavy atom. The summed E-state index contributed by atoms with van der Waals surface area (Å²) >= 11 is 0. The first kappa shape index (κ1) is 14.8. The van der Waals surface area contributed by atoms with E-state index >= 15 is 0 Å². The van der Waals surface area contributed by atoms with Gasteiger partial charge in [0.2, 0.25) is 0 Å². The maximum Gasteiger partial charge on any atom is 0.269 e. The van der Waals surface area contributed by atoms with Crippen molar-refractivity contribution in [1.82, 2.24) is 15.1 Å². The summed E-state index contributed by atoms with van der Waals surface area (Å²) in [6, 6.07) is 12.0. The molecule has 0 aliphatic carbocycles. The molecular weight excluding hydrogens is 278 g/mol. The molecule has 1 saturated heterocycles. The summed E-state index contributed by atoms with van der Waals surface area (Å²) < 4.78 is 7.55. The van der Waals surface area contributed by atoms with Crippen molar-refractivity contribution in [1.29, 1.82) is 0 Å². The van der Waals surface area contributed by atoms with Crippen LogP contribution in [0.5, 0.6) is 0 Å². The number of hydrogen-bond donors (Lipinski definition) is 1. The van der Waals surface area contributed by atoms with E-state index in [0.717, 1.165) is 13.0 Å². The number of amides is 1. The molecule has 1 fully saturated rings. The predicted molar refractivity (Wildman–Crippen MR) is 83.5 cm³/mol. The summed E-state index contributed by atoms with van der Waals surface area (Å²) in [5, 5.41) is 7.15. The number of aromatic nitrogens is 2. The highest BCUT2D eigenvalue weighted by Crippen LogP contribution is 2.33. The molecule has 3 rings (SSSR count). The monoisotopic (exact) mass is 299 g/mol. The van der Waals surface area contributed by atoms with Crippen LogP contribution in [0.3, 0.4) is 0 Å². The second kappa shape index (κ2) is 6.75. The molecule has 0 saturated carbocycles. The van der Waals surface area contributed by atoms with Gasteiger partial charge in [0, 0.05) is 31.8 Å². The lowest BCUT2D eigenvalue weighted by Gasteiger charge is -2.19. The Bertz CT molecular complexity index is 624. The Balaban J connectivity index is 1.62. The van der Waals surface area contributed by atoms with E-state index in [2.05, 4.69) is 22.5 Å². The minimum absolute atomic E-state index is 0.0672. The number of rotatable bonds is 5. The number of hydrogen-bond acceptors (Lipinski definition) is 3. The van der Waals surface area contributed by atoms with Gasteiger partial charge in [0.15, 0.2) is 0 Å². The lowest BCUT2D eigenvalue weighted by molar-refractivity contribution is 0.0841. The van der Waals surface area contributed by atoms with Gasteiger partial charge in [-0.3, -0.25) is 9.48 Å². The number of carbonyl (C=O) groups excluding carboxylic acids is 1. The second-order valence-corrected chi connectivity index (χ2v) is 5.49. The molecule has 0 unspecified atom stereocenters. The lowest BCUT2D eigenvalue weighted by atomic mass is 9.95. The molecule has 0 spiro atoms. The van der Waals surface area contributed by atoms with E-state index in [0.29, 0.717) is 24.7 Å². The van der Waals surface area contributed by atoms with E-state index in [1.54, 1.807) is 16.9 Å². The Kier molecular flexibility index (Phi) is 4.53. The zero-order valence-electron chi connectivity index (χ0n) is 12.7. The molecule has 1 aromatic heterocycles. The van der Waals surface area contributed by atoms with Crippen molar-refractivity contribution in [3.8, 4) is 0 Å². The normalized spacial score (nSPS) is 21.0. The highest BCUT2D eigenvalue weighted by molar-refractivity contribution is 5.92. The average molecular weight is 299 g/mol. The van der Waals surface area contributed by atoms with Crippen LogP contribution in [0.4, 0.5) is 0 Å². The van der Waals surface area contributed by atoms with E-state index in [-0.39, 0.29) is 12.0 Å². The van der Waals surface area contributed by atoms with E-state index in [1.807, 2.05) is 25.1 Å². The van der Waals surface area contributed by atoms with E-state index in [9.17, 15) is 4.79 Å². The molecule has 2 aromatic rings. The molecule has 5 nitrogen and oxygen atoms in total. The van der Waals surface area contributed by atoms with Crippen LogP contribution in [-0.4, -0.2) is 28.8 Å². The zero-order chi connectivity index (χ0) is 15.4. The van der Waals surface area contributed by atoms with E-state index < -0.39 is 0 Å². The second-order valence-electron chi connectivity index (χ2n) is 5.49. The molecule has 1 aliphatic rings. The fourth-order valence-electron chi connectivity index (χ4n) is 2.95. The summed E-state index contributed by atoms with van der Waals surface area (Å²) in [7, 11) is 0. The van der Waals surface area contributed by atoms with Gasteiger partial charge >= 0.3 is 0 Å². The first-order chi connectivity index (χ1) is 10.8. The van der Waals surface area contributed by atoms with Crippen molar-refractivity contribution >= 4 is 5.91 Å². The van der Waals surface area contributed by atoms with Crippen molar-refractivity contribution in [2.75, 3.05) is 13.2 Å². The fraction of sp³-hybridized carbons (Fsp3) is 0.412. The van der Waals surface area contributed by atoms with Gasteiger partial charge in [-0.15, -0.1) is 0 Å². The van der Waals surface area contributed by atoms with Crippen LogP contribution >= 0.6 is 0 Å². The molecule has 5 heteroatoms. The number of nitrogens with zero attached hydrogens (tertiary/aromatic N) is 2. The van der Waals surface area contributed by atoms with Crippen LogP contribution in [0.15, 0.2) is 42.6 Å². The minimum atomic E-state index is -0.0712. The van der Waals surface area contributed by atoms with Gasteiger partial charge in [-0.25, -0.2) is 0 Å². The SMILES string of the molecule is CCn1nccc1C(=O)NC[C@H]1CCO[C@@H]1c1ccccc1. The quantitative estimate of drug-likeness (QED) is 0.922. The molecule has 1 aliphatic heterocycles. The summed E-state index contributed by atoms with van der Waals surface area (Å²) in [6.45, 7) is 4.02. The number of nitrogens with one attached hydrogen (secondary N) is 1. The van der Waals surface area contributed by atoms with Crippen LogP contribution in [0.2, 0.25) is 0 Å². The molecule has 2 heterocycles. The topological polar surface area (TPSA) is 56.2 Å². The molecule has 1 amide bonds. The summed E-state index contributed by atoms with van der Waals surface area (Å²) in [4.78, 5) is 12.3. The Morgan fingerprint density at radius 3 is 2.95 bits per heavy atom. The predicted octanol–water partition coefficient (Wildman–Crippen LogP) is 2.41. The third-order valence-corrected chi connectivity index (χ3v) is 4.12. The number of carbonyl (C=O) groups is 1. The van der Waals surface area contributed by atoms with Gasteiger partial charge in [-0.05, 0) is 25.0 Å². The smallest absolute Gasteiger partial charge is 0.269 e. The highest BCUT2D eigenvalue weighted by atomic mass is 16.5. The Labute approximate surface area is 130 Å². The first-order valence-corrected chi connectivity index (χ1v) is 7.76. The van der Waals surface area contributed by atoms with Gasteiger partial charge in [0.25, 0.3) is 5.91 Å². The van der Waals surface area contributed by atoms with E-state index in [1.165, 1.54) is 5.56 Å². The van der Waals surface area contributed by atoms with Gasteiger partial charge in [-0.1, -0.05) is 30.3 Å². The minimum Gasteiger partial charge on any atom is -0.373 e. The van der Waals surface area contributed by atoms with Crippen molar-refractivity contribution in [2.24, 2.45) is 5.92 Å². The maximum atomic E-state index is 12.3. The largest absolute Gasteiger partial charge is 0.373 e. The van der Waals surface area contributed by atoms with Crippen molar-refractivity contribution in [3.05, 3.63) is 53.9 Å². The fourth-order valence-corrected chi connectivity index (χ4v) is 2.95. The molecular formula is C17H21N3O2. The average Bonchev–Trinajstić information content (AvgIpc) is 3.22. The van der Waals surface area contributed by atoms with Crippen LogP contribution in [-0.2, 0) is 11.3 Å². The molecule has 1 aromatic carbocycles. The molecule has 116 valence electrons. The molecule has 22 heavy (non-hydrogen) atoms. The summed E-state index contributed by atoms with van der Waals surface area (Å²) in [6.07, 6.45) is 2.69. The Hall–Kier alpha value is -2.14. The van der Waals surface area contributed by atoms with Gasteiger partial charge in [0.1, 0.15) is 5.69 Å². The first-order valence-electron chi connectivity index (χ1n) is 7.76. The Morgan fingerprint density at radius 2 is 2.18 bits per heavy atom. The maximum absolute atomic E-state index is 12.3. The van der Waals surface area contributed by atoms with Crippen LogP contribution in [0, 0.1) is 5.92 Å². The third-order valence-electron chi connectivity index (χ3n) is 4.12. The van der Waals surface area contributed by atoms with Crippen LogP contribution in [0.1, 0.15) is 35.5 Å². The van der Waals surface area contributed by atoms with Crippen LogP contribution < -0.4 is 5.32 Å². The molecule has 0 radical (unpaired) electrons. The molecule has 0 bridgehead atoms. The summed E-state index contributed by atoms with van der Waals surface area (Å²) in [5.74, 6) is 0.238. The van der Waals surface area contributed by atoms with E-state index in [4.69, 9.17) is 4.74 Å². The molecule has 2 atom stereocenters. The van der Waals surface area contributed by atoms with Crippen molar-refractivity contribution < 1.29 is 9.53 Å². The number of benzene rings is 1. The van der Waals surface area contributed by atoms with Crippen LogP contribution in [0.25, 0.3) is 0 Å². The van der Waals surface area contributed by atoms with Crippen molar-refractivity contribution in [2.45, 2.75) is 26.0 Å². The van der Waals surface area contributed by atoms with Gasteiger partial charge < -0.3 is 10.1 Å². The third kappa shape index (κ3) is 3.04. The zero-order valence-corrected chi connectivity index (χ0v) is 12.7. The highest BCUT2D eigenvalue weighted by Gasteiger charge is 2.30. The lowest BCUT2D eigenvalue weighted by Crippen LogP contribution is -2.32.